The highest BCUT2D eigenvalue weighted by atomic mass is 16.5. The summed E-state index contributed by atoms with van der Waals surface area (Å²) in [6, 6.07) is 5.97. The van der Waals surface area contributed by atoms with E-state index in [0.29, 0.717) is 11.3 Å². The van der Waals surface area contributed by atoms with Gasteiger partial charge in [0.15, 0.2) is 0 Å². The summed E-state index contributed by atoms with van der Waals surface area (Å²) in [6.45, 7) is 1.98. The molecule has 1 N–H and O–H groups in total. The van der Waals surface area contributed by atoms with E-state index in [9.17, 15) is 10.1 Å². The highest BCUT2D eigenvalue weighted by Crippen LogP contribution is 2.38. The Bertz CT molecular complexity index is 755. The van der Waals surface area contributed by atoms with Gasteiger partial charge in [0, 0.05) is 30.8 Å². The number of ether oxygens (including phenoxy) is 2. The minimum atomic E-state index is -0.325. The highest BCUT2D eigenvalue weighted by Gasteiger charge is 2.22. The first-order valence-electron chi connectivity index (χ1n) is 9.60. The molecule has 0 spiro atoms. The molecule has 2 fully saturated rings. The maximum atomic E-state index is 12.5. The fourth-order valence-electron chi connectivity index (χ4n) is 3.86. The first-order chi connectivity index (χ1) is 13.2. The Balaban J connectivity index is 1.90. The molecule has 3 rings (SSSR count). The van der Waals surface area contributed by atoms with Crippen LogP contribution >= 0.6 is 0 Å². The van der Waals surface area contributed by atoms with E-state index >= 15 is 0 Å². The number of methoxy groups -OCH3 is 2. The average Bonchev–Trinajstić information content (AvgIpc) is 3.39. The summed E-state index contributed by atoms with van der Waals surface area (Å²) in [7, 11) is 3.23. The Hall–Kier alpha value is -2.68. The Kier molecular flexibility index (Phi) is 6.23. The van der Waals surface area contributed by atoms with Crippen LogP contribution < -0.4 is 19.7 Å². The molecular formula is C21H27N3O3. The maximum Gasteiger partial charge on any atom is 0.262 e. The van der Waals surface area contributed by atoms with Gasteiger partial charge in [-0.2, -0.15) is 5.26 Å². The number of benzene rings is 1. The van der Waals surface area contributed by atoms with E-state index in [1.807, 2.05) is 18.2 Å². The van der Waals surface area contributed by atoms with Crippen LogP contribution in [0.25, 0.3) is 6.08 Å². The zero-order valence-electron chi connectivity index (χ0n) is 16.1. The Morgan fingerprint density at radius 2 is 1.81 bits per heavy atom. The van der Waals surface area contributed by atoms with Crippen LogP contribution in [0.1, 0.15) is 44.1 Å². The quantitative estimate of drug-likeness (QED) is 0.615. The van der Waals surface area contributed by atoms with Gasteiger partial charge in [-0.05, 0) is 37.8 Å². The molecule has 0 aromatic heterocycles. The van der Waals surface area contributed by atoms with Crippen molar-refractivity contribution in [1.82, 2.24) is 5.32 Å². The van der Waals surface area contributed by atoms with Gasteiger partial charge >= 0.3 is 0 Å². The molecule has 1 saturated heterocycles. The predicted molar refractivity (Wildman–Crippen MR) is 105 cm³/mol. The number of anilines is 1. The van der Waals surface area contributed by atoms with E-state index in [-0.39, 0.29) is 17.5 Å². The number of nitrogens with zero attached hydrogens (tertiary/aromatic N) is 2. The number of nitrogens with one attached hydrogen (secondary N) is 1. The van der Waals surface area contributed by atoms with E-state index in [2.05, 4.69) is 10.2 Å². The number of hydrogen-bond acceptors (Lipinski definition) is 5. The molecule has 27 heavy (non-hydrogen) atoms. The lowest BCUT2D eigenvalue weighted by atomic mass is 10.1. The molecule has 1 aliphatic heterocycles. The van der Waals surface area contributed by atoms with Crippen molar-refractivity contribution in [1.29, 1.82) is 5.26 Å². The molecule has 0 atom stereocenters. The third-order valence-corrected chi connectivity index (χ3v) is 5.33. The molecule has 1 heterocycles. The van der Waals surface area contributed by atoms with Crippen molar-refractivity contribution in [2.75, 3.05) is 32.2 Å². The van der Waals surface area contributed by atoms with Gasteiger partial charge in [-0.15, -0.1) is 0 Å². The Morgan fingerprint density at radius 1 is 1.15 bits per heavy atom. The molecule has 2 aliphatic rings. The minimum Gasteiger partial charge on any atom is -0.496 e. The molecule has 144 valence electrons. The number of carbonyl (C=O) groups excluding carboxylic acids is 1. The lowest BCUT2D eigenvalue weighted by molar-refractivity contribution is -0.117. The summed E-state index contributed by atoms with van der Waals surface area (Å²) in [5.41, 5.74) is 1.73. The van der Waals surface area contributed by atoms with Crippen LogP contribution in [0.15, 0.2) is 17.7 Å². The standard InChI is InChI=1S/C21H27N3O3/c1-26-19-13-18(24-9-5-6-10-24)20(27-2)12-15(19)11-16(14-22)21(25)23-17-7-3-4-8-17/h11-13,17H,3-10H2,1-2H3,(H,23,25)/b16-11-. The second kappa shape index (κ2) is 8.81. The number of rotatable bonds is 6. The second-order valence-electron chi connectivity index (χ2n) is 7.08. The summed E-state index contributed by atoms with van der Waals surface area (Å²) in [5.74, 6) is 1.02. The molecule has 0 unspecified atom stereocenters. The molecule has 0 bridgehead atoms. The molecule has 6 heteroatoms. The number of hydrogen-bond donors (Lipinski definition) is 1. The van der Waals surface area contributed by atoms with Crippen molar-refractivity contribution in [2.45, 2.75) is 44.6 Å². The third kappa shape index (κ3) is 4.36. The topological polar surface area (TPSA) is 74.6 Å². The van der Waals surface area contributed by atoms with Crippen LogP contribution in [0.2, 0.25) is 0 Å². The monoisotopic (exact) mass is 369 g/mol. The summed E-state index contributed by atoms with van der Waals surface area (Å²) < 4.78 is 11.1. The predicted octanol–water partition coefficient (Wildman–Crippen LogP) is 3.27. The number of amides is 1. The van der Waals surface area contributed by atoms with Crippen LogP contribution in [0.4, 0.5) is 5.69 Å². The van der Waals surface area contributed by atoms with Gasteiger partial charge in [-0.3, -0.25) is 4.79 Å². The van der Waals surface area contributed by atoms with Crippen LogP contribution in [0, 0.1) is 11.3 Å². The van der Waals surface area contributed by atoms with E-state index in [0.717, 1.165) is 63.1 Å². The number of carbonyl (C=O) groups is 1. The van der Waals surface area contributed by atoms with E-state index < -0.39 is 0 Å². The van der Waals surface area contributed by atoms with Crippen LogP contribution in [-0.4, -0.2) is 39.3 Å². The second-order valence-corrected chi connectivity index (χ2v) is 7.08. The van der Waals surface area contributed by atoms with Crippen molar-refractivity contribution in [3.05, 3.63) is 23.3 Å². The molecule has 1 amide bonds. The molecule has 1 saturated carbocycles. The van der Waals surface area contributed by atoms with Crippen molar-refractivity contribution < 1.29 is 14.3 Å². The van der Waals surface area contributed by atoms with Crippen molar-refractivity contribution in [3.63, 3.8) is 0 Å². The van der Waals surface area contributed by atoms with E-state index in [4.69, 9.17) is 9.47 Å². The van der Waals surface area contributed by atoms with Gasteiger partial charge < -0.3 is 19.7 Å². The smallest absolute Gasteiger partial charge is 0.262 e. The zero-order chi connectivity index (χ0) is 19.2. The number of nitriles is 1. The van der Waals surface area contributed by atoms with E-state index in [1.54, 1.807) is 20.3 Å². The van der Waals surface area contributed by atoms with Gasteiger partial charge in [-0.1, -0.05) is 12.8 Å². The first-order valence-corrected chi connectivity index (χ1v) is 9.60. The lowest BCUT2D eigenvalue weighted by Crippen LogP contribution is -2.33. The first kappa shape index (κ1) is 19.1. The summed E-state index contributed by atoms with van der Waals surface area (Å²) in [4.78, 5) is 14.8. The fraction of sp³-hybridized carbons (Fsp3) is 0.524. The Morgan fingerprint density at radius 3 is 2.41 bits per heavy atom. The van der Waals surface area contributed by atoms with E-state index in [1.165, 1.54) is 0 Å². The summed E-state index contributed by atoms with van der Waals surface area (Å²) >= 11 is 0. The van der Waals surface area contributed by atoms with Crippen molar-refractivity contribution in [2.24, 2.45) is 0 Å². The average molecular weight is 369 g/mol. The van der Waals surface area contributed by atoms with Gasteiger partial charge in [0.05, 0.1) is 19.9 Å². The van der Waals surface area contributed by atoms with Gasteiger partial charge in [-0.25, -0.2) is 0 Å². The highest BCUT2D eigenvalue weighted by molar-refractivity contribution is 6.02. The summed E-state index contributed by atoms with van der Waals surface area (Å²) in [6.07, 6.45) is 8.11. The fourth-order valence-corrected chi connectivity index (χ4v) is 3.86. The van der Waals surface area contributed by atoms with Crippen LogP contribution in [0.3, 0.4) is 0 Å². The van der Waals surface area contributed by atoms with Gasteiger partial charge in [0.1, 0.15) is 23.1 Å². The Labute approximate surface area is 160 Å². The molecule has 1 aromatic carbocycles. The molecule has 0 radical (unpaired) electrons. The molecule has 1 aliphatic carbocycles. The SMILES string of the molecule is COc1cc(N2CCCC2)c(OC)cc1/C=C(/C#N)C(=O)NC1CCCC1. The largest absolute Gasteiger partial charge is 0.496 e. The minimum absolute atomic E-state index is 0.0798. The van der Waals surface area contributed by atoms with Crippen molar-refractivity contribution >= 4 is 17.7 Å². The molecule has 6 nitrogen and oxygen atoms in total. The van der Waals surface area contributed by atoms with Gasteiger partial charge in [0.2, 0.25) is 0 Å². The zero-order valence-corrected chi connectivity index (χ0v) is 16.1. The summed E-state index contributed by atoms with van der Waals surface area (Å²) in [5, 5.41) is 12.5. The van der Waals surface area contributed by atoms with Crippen molar-refractivity contribution in [3.8, 4) is 17.6 Å². The van der Waals surface area contributed by atoms with Crippen LogP contribution in [0.5, 0.6) is 11.5 Å². The molecule has 1 aromatic rings. The maximum absolute atomic E-state index is 12.5. The molecular weight excluding hydrogens is 342 g/mol. The third-order valence-electron chi connectivity index (χ3n) is 5.33. The van der Waals surface area contributed by atoms with Crippen LogP contribution in [-0.2, 0) is 4.79 Å². The van der Waals surface area contributed by atoms with Gasteiger partial charge in [0.25, 0.3) is 5.91 Å². The normalized spacial score (nSPS) is 17.7. The lowest BCUT2D eigenvalue weighted by Gasteiger charge is -2.22.